The van der Waals surface area contributed by atoms with E-state index in [-0.39, 0.29) is 35.8 Å². The predicted octanol–water partition coefficient (Wildman–Crippen LogP) is 0.205. The van der Waals surface area contributed by atoms with E-state index in [2.05, 4.69) is 28.8 Å². The smallest absolute Gasteiger partial charge is 0.262 e. The maximum absolute atomic E-state index is 13.0. The summed E-state index contributed by atoms with van der Waals surface area (Å²) < 4.78 is 6.06. The first-order valence-electron chi connectivity index (χ1n) is 12.2. The maximum atomic E-state index is 13.0. The highest BCUT2D eigenvalue weighted by Crippen LogP contribution is 2.30. The van der Waals surface area contributed by atoms with Crippen molar-refractivity contribution >= 4 is 23.5 Å². The maximum Gasteiger partial charge on any atom is 0.262 e. The van der Waals surface area contributed by atoms with E-state index in [0.29, 0.717) is 18.4 Å². The number of hydrogen-bond donors (Lipinski definition) is 1. The minimum absolute atomic E-state index is 0.0159. The number of ether oxygens (including phenoxy) is 1. The summed E-state index contributed by atoms with van der Waals surface area (Å²) in [6.07, 6.45) is 1.09. The molecule has 3 atom stereocenters. The predicted molar refractivity (Wildman–Crippen MR) is 129 cm³/mol. The van der Waals surface area contributed by atoms with Gasteiger partial charge in [0.15, 0.2) is 0 Å². The Labute approximate surface area is 205 Å². The number of nitrogens with zero attached hydrogens (tertiary/aromatic N) is 4. The number of amides is 3. The van der Waals surface area contributed by atoms with Crippen molar-refractivity contribution in [3.05, 3.63) is 29.3 Å². The van der Waals surface area contributed by atoms with Crippen LogP contribution in [0.4, 0.5) is 0 Å². The van der Waals surface area contributed by atoms with Crippen LogP contribution in [0.1, 0.15) is 46.9 Å². The number of imide groups is 1. The summed E-state index contributed by atoms with van der Waals surface area (Å²) in [7, 11) is 4.26. The van der Waals surface area contributed by atoms with Gasteiger partial charge < -0.3 is 20.2 Å². The lowest BCUT2D eigenvalue weighted by molar-refractivity contribution is -0.122. The van der Waals surface area contributed by atoms with Crippen LogP contribution in [0.15, 0.2) is 18.2 Å². The molecular formula is C25H35N5O5. The summed E-state index contributed by atoms with van der Waals surface area (Å²) in [6, 6.07) is 4.40. The first-order chi connectivity index (χ1) is 16.7. The molecule has 0 aromatic heterocycles. The molecule has 2 fully saturated rings. The van der Waals surface area contributed by atoms with Crippen molar-refractivity contribution in [2.24, 2.45) is 5.73 Å². The van der Waals surface area contributed by atoms with Crippen LogP contribution in [-0.4, -0.2) is 115 Å². The monoisotopic (exact) mass is 485 g/mol. The summed E-state index contributed by atoms with van der Waals surface area (Å²) in [5.74, 6) is -1.61. The molecule has 1 aromatic carbocycles. The largest absolute Gasteiger partial charge is 0.492 e. The fraction of sp³-hybridized carbons (Fsp3) is 0.600. The average molecular weight is 486 g/mol. The number of piperazine rings is 1. The number of hydrogen-bond acceptors (Lipinski definition) is 8. The third-order valence-electron chi connectivity index (χ3n) is 7.46. The summed E-state index contributed by atoms with van der Waals surface area (Å²) in [5, 5.41) is 0. The van der Waals surface area contributed by atoms with Crippen molar-refractivity contribution < 1.29 is 23.9 Å². The van der Waals surface area contributed by atoms with E-state index in [1.165, 1.54) is 6.92 Å². The molecule has 1 unspecified atom stereocenters. The van der Waals surface area contributed by atoms with E-state index < -0.39 is 23.8 Å². The van der Waals surface area contributed by atoms with Crippen LogP contribution in [0, 0.1) is 0 Å². The van der Waals surface area contributed by atoms with Crippen LogP contribution in [0.25, 0.3) is 0 Å². The van der Waals surface area contributed by atoms with Crippen LogP contribution in [0.2, 0.25) is 0 Å². The molecule has 4 rings (SSSR count). The van der Waals surface area contributed by atoms with Gasteiger partial charge in [0.25, 0.3) is 11.8 Å². The number of rotatable bonds is 9. The molecule has 3 heterocycles. The third kappa shape index (κ3) is 5.39. The van der Waals surface area contributed by atoms with Crippen molar-refractivity contribution in [1.29, 1.82) is 0 Å². The third-order valence-corrected chi connectivity index (χ3v) is 7.46. The summed E-state index contributed by atoms with van der Waals surface area (Å²) in [4.78, 5) is 57.4. The highest BCUT2D eigenvalue weighted by molar-refractivity contribution is 6.23. The molecule has 3 amide bonds. The fourth-order valence-corrected chi connectivity index (χ4v) is 5.24. The molecule has 1 aromatic rings. The average Bonchev–Trinajstić information content (AvgIpc) is 3.30. The highest BCUT2D eigenvalue weighted by atomic mass is 16.5. The standard InChI is InChI=1S/C25H35N5O5/c1-16(31)4-7-22(23(26)32)30-24(33)20-6-5-19(13-21(20)25(30)34)35-15-18-12-17(14-28(18)3)29-10-8-27(2)9-11-29/h5-6,13,17-18,22H,4,7-12,14-15H2,1-3H3,(H2,26,32)/t17-,18+,22?/m1/s1. The number of benzene rings is 1. The van der Waals surface area contributed by atoms with Gasteiger partial charge >= 0.3 is 0 Å². The normalized spacial score (nSPS) is 24.6. The Morgan fingerprint density at radius 1 is 1.09 bits per heavy atom. The van der Waals surface area contributed by atoms with Gasteiger partial charge in [-0.3, -0.25) is 29.1 Å². The zero-order valence-corrected chi connectivity index (χ0v) is 20.7. The van der Waals surface area contributed by atoms with E-state index in [1.807, 2.05) is 0 Å². The van der Waals surface area contributed by atoms with Crippen LogP contribution < -0.4 is 10.5 Å². The van der Waals surface area contributed by atoms with Crippen molar-refractivity contribution in [2.45, 2.75) is 44.3 Å². The van der Waals surface area contributed by atoms with Gasteiger partial charge in [-0.25, -0.2) is 0 Å². The molecule has 0 radical (unpaired) electrons. The van der Waals surface area contributed by atoms with Crippen LogP contribution in [0.3, 0.4) is 0 Å². The van der Waals surface area contributed by atoms with Gasteiger partial charge in [0.05, 0.1) is 11.1 Å². The quantitative estimate of drug-likeness (QED) is 0.494. The number of likely N-dealkylation sites (tertiary alicyclic amines) is 1. The van der Waals surface area contributed by atoms with Gasteiger partial charge in [-0.2, -0.15) is 0 Å². The van der Waals surface area contributed by atoms with Gasteiger partial charge in [0.1, 0.15) is 24.2 Å². The minimum atomic E-state index is -1.16. The second-order valence-corrected chi connectivity index (χ2v) is 9.98. The zero-order chi connectivity index (χ0) is 25.3. The molecule has 2 N–H and O–H groups in total. The van der Waals surface area contributed by atoms with Gasteiger partial charge in [0.2, 0.25) is 5.91 Å². The molecule has 10 nitrogen and oxygen atoms in total. The van der Waals surface area contributed by atoms with Crippen LogP contribution >= 0.6 is 0 Å². The SMILES string of the molecule is CC(=O)CCC(C(N)=O)N1C(=O)c2ccc(OC[C@@H]3C[C@@H](N4CCN(C)CC4)CN3C)cc2C1=O. The Hall–Kier alpha value is -2.82. The van der Waals surface area contributed by atoms with E-state index in [4.69, 9.17) is 10.5 Å². The molecule has 0 bridgehead atoms. The zero-order valence-electron chi connectivity index (χ0n) is 20.7. The van der Waals surface area contributed by atoms with E-state index in [1.54, 1.807) is 18.2 Å². The molecule has 2 saturated heterocycles. The van der Waals surface area contributed by atoms with E-state index >= 15 is 0 Å². The van der Waals surface area contributed by atoms with Gasteiger partial charge in [0, 0.05) is 51.2 Å². The molecule has 190 valence electrons. The van der Waals surface area contributed by atoms with Crippen molar-refractivity contribution in [2.75, 3.05) is 53.4 Å². The minimum Gasteiger partial charge on any atom is -0.492 e. The van der Waals surface area contributed by atoms with Crippen LogP contribution in [-0.2, 0) is 9.59 Å². The number of Topliss-reactive ketones (excluding diaryl/α,β-unsaturated/α-hetero) is 1. The number of nitrogens with two attached hydrogens (primary N) is 1. The van der Waals surface area contributed by atoms with Crippen LogP contribution in [0.5, 0.6) is 5.75 Å². The molecule has 3 aliphatic heterocycles. The lowest BCUT2D eigenvalue weighted by Crippen LogP contribution is -2.49. The Kier molecular flexibility index (Phi) is 7.53. The topological polar surface area (TPSA) is 116 Å². The van der Waals surface area contributed by atoms with E-state index in [9.17, 15) is 19.2 Å². The van der Waals surface area contributed by atoms with Crippen molar-refractivity contribution in [3.63, 3.8) is 0 Å². The number of primary amides is 1. The second-order valence-electron chi connectivity index (χ2n) is 9.98. The molecule has 0 saturated carbocycles. The van der Waals surface area contributed by atoms with Crippen molar-refractivity contribution in [3.8, 4) is 5.75 Å². The van der Waals surface area contributed by atoms with Crippen molar-refractivity contribution in [1.82, 2.24) is 19.6 Å². The number of likely N-dealkylation sites (N-methyl/N-ethyl adjacent to an activating group) is 2. The Bertz CT molecular complexity index is 1010. The van der Waals surface area contributed by atoms with Gasteiger partial charge in [-0.15, -0.1) is 0 Å². The number of fused-ring (bicyclic) bond motifs is 1. The molecule has 10 heteroatoms. The Balaban J connectivity index is 1.39. The number of carbonyl (C=O) groups is 4. The molecule has 3 aliphatic rings. The molecule has 35 heavy (non-hydrogen) atoms. The number of carbonyl (C=O) groups excluding carboxylic acids is 4. The molecule has 0 spiro atoms. The highest BCUT2D eigenvalue weighted by Gasteiger charge is 2.42. The lowest BCUT2D eigenvalue weighted by atomic mass is 10.1. The van der Waals surface area contributed by atoms with Gasteiger partial charge in [-0.05, 0) is 52.1 Å². The van der Waals surface area contributed by atoms with E-state index in [0.717, 1.165) is 44.0 Å². The van der Waals surface area contributed by atoms with Gasteiger partial charge in [-0.1, -0.05) is 0 Å². The first-order valence-corrected chi connectivity index (χ1v) is 12.2. The summed E-state index contributed by atoms with van der Waals surface area (Å²) in [5.41, 5.74) is 5.87. The molecular weight excluding hydrogens is 450 g/mol. The first kappa shape index (κ1) is 25.3. The Morgan fingerprint density at radius 3 is 2.43 bits per heavy atom. The second kappa shape index (κ2) is 10.4. The Morgan fingerprint density at radius 2 is 1.77 bits per heavy atom. The summed E-state index contributed by atoms with van der Waals surface area (Å²) >= 11 is 0. The fourth-order valence-electron chi connectivity index (χ4n) is 5.24. The molecule has 0 aliphatic carbocycles. The summed E-state index contributed by atoms with van der Waals surface area (Å²) in [6.45, 7) is 7.21. The number of ketones is 1. The lowest BCUT2D eigenvalue weighted by Gasteiger charge is -2.36.